The number of thiazole rings is 1. The van der Waals surface area contributed by atoms with Gasteiger partial charge in [-0.2, -0.15) is 10.1 Å². The summed E-state index contributed by atoms with van der Waals surface area (Å²) in [4.78, 5) is 28.9. The zero-order valence-corrected chi connectivity index (χ0v) is 15.9. The quantitative estimate of drug-likeness (QED) is 0.629. The first-order valence-electron chi connectivity index (χ1n) is 8.45. The second kappa shape index (κ2) is 8.42. The average molecular weight is 391 g/mol. The highest BCUT2D eigenvalue weighted by Gasteiger charge is 2.14. The van der Waals surface area contributed by atoms with Crippen LogP contribution >= 0.6 is 22.9 Å². The minimum Gasteiger partial charge on any atom is -0.356 e. The van der Waals surface area contributed by atoms with Crippen LogP contribution in [0.1, 0.15) is 36.7 Å². The standard InChI is InChI=1S/C18H19ClN4O2S/c1-2-3-8-20-16(24)10-13-11-26-18-21-17(25)15(22-23(13)18)9-12-6-4-5-7-14(12)19/h4-7,11H,2-3,8-10H2,1H3,(H,20,24). The number of carbonyl (C=O) groups excluding carboxylic acids is 1. The summed E-state index contributed by atoms with van der Waals surface area (Å²) in [6, 6.07) is 7.33. The van der Waals surface area contributed by atoms with Crippen LogP contribution in [0.5, 0.6) is 0 Å². The van der Waals surface area contributed by atoms with E-state index in [1.54, 1.807) is 10.6 Å². The number of amides is 1. The fourth-order valence-electron chi connectivity index (χ4n) is 2.52. The van der Waals surface area contributed by atoms with Crippen LogP contribution in [-0.2, 0) is 17.6 Å². The zero-order chi connectivity index (χ0) is 18.5. The van der Waals surface area contributed by atoms with Gasteiger partial charge in [-0.3, -0.25) is 9.59 Å². The Morgan fingerprint density at radius 3 is 2.92 bits per heavy atom. The molecule has 0 aliphatic carbocycles. The maximum absolute atomic E-state index is 12.3. The van der Waals surface area contributed by atoms with Crippen molar-refractivity contribution >= 4 is 33.8 Å². The van der Waals surface area contributed by atoms with E-state index in [2.05, 4.69) is 22.3 Å². The molecule has 2 aromatic heterocycles. The second-order valence-electron chi connectivity index (χ2n) is 5.93. The van der Waals surface area contributed by atoms with Crippen LogP contribution in [0.25, 0.3) is 4.96 Å². The highest BCUT2D eigenvalue weighted by atomic mass is 35.5. The first-order valence-corrected chi connectivity index (χ1v) is 9.70. The second-order valence-corrected chi connectivity index (χ2v) is 7.18. The van der Waals surface area contributed by atoms with Crippen molar-refractivity contribution in [2.45, 2.75) is 32.6 Å². The summed E-state index contributed by atoms with van der Waals surface area (Å²) in [6.07, 6.45) is 2.48. The number of rotatable bonds is 7. The molecule has 3 aromatic rings. The van der Waals surface area contributed by atoms with Crippen LogP contribution in [0.2, 0.25) is 5.02 Å². The van der Waals surface area contributed by atoms with Gasteiger partial charge >= 0.3 is 0 Å². The van der Waals surface area contributed by atoms with Gasteiger partial charge in [0.1, 0.15) is 5.69 Å². The van der Waals surface area contributed by atoms with Gasteiger partial charge in [-0.05, 0) is 18.1 Å². The lowest BCUT2D eigenvalue weighted by molar-refractivity contribution is -0.120. The summed E-state index contributed by atoms with van der Waals surface area (Å²) in [6.45, 7) is 2.74. The van der Waals surface area contributed by atoms with Crippen molar-refractivity contribution < 1.29 is 4.79 Å². The molecule has 0 atom stereocenters. The molecule has 3 rings (SSSR count). The first-order chi connectivity index (χ1) is 12.6. The number of nitrogens with one attached hydrogen (secondary N) is 1. The third-order valence-electron chi connectivity index (χ3n) is 3.93. The molecule has 136 valence electrons. The molecule has 6 nitrogen and oxygen atoms in total. The largest absolute Gasteiger partial charge is 0.356 e. The Balaban J connectivity index is 1.85. The van der Waals surface area contributed by atoms with Gasteiger partial charge in [-0.1, -0.05) is 43.1 Å². The summed E-state index contributed by atoms with van der Waals surface area (Å²) < 4.78 is 1.58. The predicted molar refractivity (Wildman–Crippen MR) is 103 cm³/mol. The normalized spacial score (nSPS) is 11.0. The maximum atomic E-state index is 12.3. The Labute approximate surface area is 159 Å². The monoisotopic (exact) mass is 390 g/mol. The molecule has 0 spiro atoms. The van der Waals surface area contributed by atoms with E-state index < -0.39 is 0 Å². The molecule has 0 unspecified atom stereocenters. The van der Waals surface area contributed by atoms with Gasteiger partial charge in [0, 0.05) is 23.4 Å². The molecule has 2 heterocycles. The molecular weight excluding hydrogens is 372 g/mol. The van der Waals surface area contributed by atoms with Crippen molar-refractivity contribution in [3.8, 4) is 0 Å². The number of aromatic nitrogens is 3. The number of hydrogen-bond acceptors (Lipinski definition) is 5. The summed E-state index contributed by atoms with van der Waals surface area (Å²) in [5.74, 6) is -0.0636. The molecule has 0 bridgehead atoms. The van der Waals surface area contributed by atoms with Crippen molar-refractivity contribution in [2.24, 2.45) is 0 Å². The highest BCUT2D eigenvalue weighted by molar-refractivity contribution is 7.15. The van der Waals surface area contributed by atoms with Gasteiger partial charge in [-0.25, -0.2) is 4.52 Å². The van der Waals surface area contributed by atoms with E-state index in [4.69, 9.17) is 11.6 Å². The molecule has 1 N–H and O–H groups in total. The highest BCUT2D eigenvalue weighted by Crippen LogP contribution is 2.18. The molecule has 8 heteroatoms. The molecule has 1 amide bonds. The van der Waals surface area contributed by atoms with E-state index in [1.807, 2.05) is 23.6 Å². The number of fused-ring (bicyclic) bond motifs is 1. The number of unbranched alkanes of at least 4 members (excludes halogenated alkanes) is 1. The molecule has 0 saturated carbocycles. The lowest BCUT2D eigenvalue weighted by atomic mass is 10.1. The van der Waals surface area contributed by atoms with Gasteiger partial charge in [0.05, 0.1) is 12.1 Å². The molecule has 0 radical (unpaired) electrons. The van der Waals surface area contributed by atoms with Gasteiger partial charge in [-0.15, -0.1) is 11.3 Å². The van der Waals surface area contributed by atoms with Crippen LogP contribution in [0.4, 0.5) is 0 Å². The van der Waals surface area contributed by atoms with E-state index in [0.717, 1.165) is 18.4 Å². The fourth-order valence-corrected chi connectivity index (χ4v) is 3.54. The third kappa shape index (κ3) is 4.28. The summed E-state index contributed by atoms with van der Waals surface area (Å²) in [5, 5.41) is 9.71. The van der Waals surface area contributed by atoms with Crippen LogP contribution in [-0.4, -0.2) is 27.0 Å². The number of hydrogen-bond donors (Lipinski definition) is 1. The van der Waals surface area contributed by atoms with E-state index in [9.17, 15) is 9.59 Å². The smallest absolute Gasteiger partial charge is 0.296 e. The van der Waals surface area contributed by atoms with Crippen molar-refractivity contribution in [1.29, 1.82) is 0 Å². The number of nitrogens with zero attached hydrogens (tertiary/aromatic N) is 3. The van der Waals surface area contributed by atoms with Gasteiger partial charge in [0.15, 0.2) is 0 Å². The Kier molecular flexibility index (Phi) is 6.00. The number of halogens is 1. The predicted octanol–water partition coefficient (Wildman–Crippen LogP) is 2.85. The topological polar surface area (TPSA) is 76.4 Å². The van der Waals surface area contributed by atoms with Crippen LogP contribution in [0, 0.1) is 0 Å². The van der Waals surface area contributed by atoms with Crippen molar-refractivity contribution in [1.82, 2.24) is 19.9 Å². The summed E-state index contributed by atoms with van der Waals surface area (Å²) >= 11 is 7.48. The molecular formula is C18H19ClN4O2S. The Hall–Kier alpha value is -2.25. The SMILES string of the molecule is CCCCNC(=O)Cc1csc2nc(=O)c(Cc3ccccc3Cl)nn12. The van der Waals surface area contributed by atoms with Gasteiger partial charge in [0.25, 0.3) is 5.56 Å². The maximum Gasteiger partial charge on any atom is 0.296 e. The molecule has 0 fully saturated rings. The lowest BCUT2D eigenvalue weighted by Gasteiger charge is -2.06. The summed E-state index contributed by atoms with van der Waals surface area (Å²) in [7, 11) is 0. The Morgan fingerprint density at radius 1 is 1.35 bits per heavy atom. The van der Waals surface area contributed by atoms with Gasteiger partial charge in [0.2, 0.25) is 10.9 Å². The lowest BCUT2D eigenvalue weighted by Crippen LogP contribution is -2.27. The minimum atomic E-state index is -0.370. The average Bonchev–Trinajstić information content (AvgIpc) is 2.99. The van der Waals surface area contributed by atoms with Crippen LogP contribution in [0.3, 0.4) is 0 Å². The fraction of sp³-hybridized carbons (Fsp3) is 0.333. The summed E-state index contributed by atoms with van der Waals surface area (Å²) in [5.41, 5.74) is 1.47. The van der Waals surface area contributed by atoms with Crippen molar-refractivity contribution in [2.75, 3.05) is 6.54 Å². The van der Waals surface area contributed by atoms with Gasteiger partial charge < -0.3 is 5.32 Å². The molecule has 1 aromatic carbocycles. The number of benzene rings is 1. The molecule has 0 aliphatic rings. The molecule has 0 aliphatic heterocycles. The number of carbonyl (C=O) groups is 1. The van der Waals surface area contributed by atoms with E-state index in [0.29, 0.717) is 34.3 Å². The van der Waals surface area contributed by atoms with Crippen molar-refractivity contribution in [3.05, 3.63) is 62.0 Å². The van der Waals surface area contributed by atoms with Crippen LogP contribution < -0.4 is 10.9 Å². The first kappa shape index (κ1) is 18.5. The van der Waals surface area contributed by atoms with E-state index in [1.165, 1.54) is 11.3 Å². The van der Waals surface area contributed by atoms with Crippen molar-refractivity contribution in [3.63, 3.8) is 0 Å². The van der Waals surface area contributed by atoms with Crippen LogP contribution in [0.15, 0.2) is 34.4 Å². The Bertz CT molecular complexity index is 983. The molecule has 0 saturated heterocycles. The Morgan fingerprint density at radius 2 is 2.15 bits per heavy atom. The molecule has 26 heavy (non-hydrogen) atoms. The zero-order valence-electron chi connectivity index (χ0n) is 14.4. The van der Waals surface area contributed by atoms with E-state index in [-0.39, 0.29) is 17.9 Å². The van der Waals surface area contributed by atoms with E-state index >= 15 is 0 Å². The minimum absolute atomic E-state index is 0.0636. The third-order valence-corrected chi connectivity index (χ3v) is 5.16.